The molecule has 0 radical (unpaired) electrons. The molecule has 4 nitrogen and oxygen atoms in total. The first-order valence-electron chi connectivity index (χ1n) is 9.96. The highest BCUT2D eigenvalue weighted by Gasteiger charge is 2.37. The van der Waals surface area contributed by atoms with E-state index in [4.69, 9.17) is 18.9 Å². The SMILES string of the molecule is C/C=C(\C)COCC1(COCC2C=CC=CC=C2)OCCO1.C=CC=C.CC. The number of hydrogen-bond donors (Lipinski definition) is 0. The minimum absolute atomic E-state index is 0.277. The molecule has 1 aliphatic carbocycles. The zero-order valence-corrected chi connectivity index (χ0v) is 18.1. The lowest BCUT2D eigenvalue weighted by Gasteiger charge is -2.27. The van der Waals surface area contributed by atoms with Gasteiger partial charge in [-0.15, -0.1) is 0 Å². The summed E-state index contributed by atoms with van der Waals surface area (Å²) >= 11 is 0. The number of hydrogen-bond acceptors (Lipinski definition) is 4. The number of allylic oxidation sites excluding steroid dienone is 7. The molecule has 0 unspecified atom stereocenters. The first-order valence-corrected chi connectivity index (χ1v) is 9.96. The van der Waals surface area contributed by atoms with Gasteiger partial charge in [0, 0.05) is 5.92 Å². The summed E-state index contributed by atoms with van der Waals surface area (Å²) in [5, 5.41) is 0. The third-order valence-electron chi connectivity index (χ3n) is 3.81. The van der Waals surface area contributed by atoms with Gasteiger partial charge in [-0.3, -0.25) is 0 Å². The third kappa shape index (κ3) is 11.9. The second-order valence-corrected chi connectivity index (χ2v) is 6.04. The number of rotatable bonds is 9. The molecule has 0 aromatic carbocycles. The minimum atomic E-state index is -0.759. The van der Waals surface area contributed by atoms with Gasteiger partial charge in [-0.05, 0) is 13.8 Å². The Kier molecular flexibility index (Phi) is 16.3. The van der Waals surface area contributed by atoms with Gasteiger partial charge in [0.25, 0.3) is 0 Å². The summed E-state index contributed by atoms with van der Waals surface area (Å²) < 4.78 is 23.0. The van der Waals surface area contributed by atoms with Gasteiger partial charge in [-0.2, -0.15) is 0 Å². The van der Waals surface area contributed by atoms with Gasteiger partial charge >= 0.3 is 0 Å². The molecule has 1 fully saturated rings. The molecule has 1 saturated heterocycles. The van der Waals surface area contributed by atoms with Crippen LogP contribution in [0.2, 0.25) is 0 Å². The van der Waals surface area contributed by atoms with Gasteiger partial charge in [0.15, 0.2) is 0 Å². The average Bonchev–Trinajstić information content (AvgIpc) is 3.04. The van der Waals surface area contributed by atoms with Crippen molar-refractivity contribution in [2.45, 2.75) is 33.5 Å². The van der Waals surface area contributed by atoms with E-state index in [9.17, 15) is 0 Å². The molecule has 0 bridgehead atoms. The highest BCUT2D eigenvalue weighted by Crippen LogP contribution is 2.21. The second-order valence-electron chi connectivity index (χ2n) is 6.04. The molecule has 0 amide bonds. The molecule has 0 saturated carbocycles. The molecule has 0 aromatic rings. The van der Waals surface area contributed by atoms with Crippen LogP contribution >= 0.6 is 0 Å². The van der Waals surface area contributed by atoms with E-state index in [1.165, 1.54) is 5.57 Å². The molecule has 0 aromatic heterocycles. The fourth-order valence-corrected chi connectivity index (χ4v) is 2.22. The molecule has 4 heteroatoms. The summed E-state index contributed by atoms with van der Waals surface area (Å²) in [7, 11) is 0. The largest absolute Gasteiger partial charge is 0.375 e. The quantitative estimate of drug-likeness (QED) is 0.389. The molecular formula is C24H38O4. The summed E-state index contributed by atoms with van der Waals surface area (Å²) in [6.07, 6.45) is 17.7. The summed E-state index contributed by atoms with van der Waals surface area (Å²) in [5.74, 6) is -0.482. The van der Waals surface area contributed by atoms with Crippen LogP contribution in [-0.4, -0.2) is 45.4 Å². The smallest absolute Gasteiger partial charge is 0.216 e. The van der Waals surface area contributed by atoms with Crippen molar-refractivity contribution in [3.8, 4) is 0 Å². The van der Waals surface area contributed by atoms with Crippen LogP contribution in [-0.2, 0) is 18.9 Å². The predicted octanol–water partition coefficient (Wildman–Crippen LogP) is 5.41. The van der Waals surface area contributed by atoms with E-state index >= 15 is 0 Å². The van der Waals surface area contributed by atoms with E-state index < -0.39 is 5.79 Å². The van der Waals surface area contributed by atoms with Crippen LogP contribution in [0.15, 0.2) is 73.4 Å². The molecule has 0 atom stereocenters. The highest BCUT2D eigenvalue weighted by molar-refractivity contribution is 5.19. The monoisotopic (exact) mass is 390 g/mol. The van der Waals surface area contributed by atoms with E-state index in [0.717, 1.165) is 0 Å². The van der Waals surface area contributed by atoms with Gasteiger partial charge in [0.1, 0.15) is 13.2 Å². The van der Waals surface area contributed by atoms with Crippen LogP contribution < -0.4 is 0 Å². The van der Waals surface area contributed by atoms with E-state index in [2.05, 4.69) is 25.3 Å². The average molecular weight is 391 g/mol. The number of ether oxygens (including phenoxy) is 4. The van der Waals surface area contributed by atoms with Crippen molar-refractivity contribution in [2.24, 2.45) is 5.92 Å². The van der Waals surface area contributed by atoms with Gasteiger partial charge in [0.05, 0.1) is 26.4 Å². The topological polar surface area (TPSA) is 36.9 Å². The second kappa shape index (κ2) is 17.4. The first kappa shape index (κ1) is 26.3. The first-order chi connectivity index (χ1) is 13.7. The molecule has 0 N–H and O–H groups in total. The molecule has 0 spiro atoms. The Morgan fingerprint density at radius 2 is 1.54 bits per heavy atom. The maximum Gasteiger partial charge on any atom is 0.216 e. The molecule has 28 heavy (non-hydrogen) atoms. The fraction of sp³-hybridized carbons (Fsp3) is 0.500. The Morgan fingerprint density at radius 3 is 2.04 bits per heavy atom. The van der Waals surface area contributed by atoms with Gasteiger partial charge < -0.3 is 18.9 Å². The Balaban J connectivity index is 0.00000108. The highest BCUT2D eigenvalue weighted by atomic mass is 16.8. The lowest BCUT2D eigenvalue weighted by atomic mass is 10.1. The van der Waals surface area contributed by atoms with Crippen molar-refractivity contribution >= 4 is 0 Å². The molecule has 1 heterocycles. The Bertz CT molecular complexity index is 501. The van der Waals surface area contributed by atoms with Crippen LogP contribution in [0, 0.1) is 5.92 Å². The molecular weight excluding hydrogens is 352 g/mol. The van der Waals surface area contributed by atoms with Crippen LogP contribution in [0.25, 0.3) is 0 Å². The van der Waals surface area contributed by atoms with Gasteiger partial charge in [-0.25, -0.2) is 0 Å². The third-order valence-corrected chi connectivity index (χ3v) is 3.81. The van der Waals surface area contributed by atoms with Crippen LogP contribution in [0.1, 0.15) is 27.7 Å². The van der Waals surface area contributed by atoms with Crippen molar-refractivity contribution < 1.29 is 18.9 Å². The standard InChI is InChI=1S/C18H26O4.C4H6.C2H6/c1-3-16(2)12-19-14-18(21-10-11-22-18)15-20-13-17-8-6-4-5-7-9-17;1-3-4-2;1-2/h3-9,17H,10-15H2,1-2H3;3-4H,1-2H2;1-2H3/b16-3+;;. The normalized spacial score (nSPS) is 17.8. The maximum absolute atomic E-state index is 5.82. The summed E-state index contributed by atoms with van der Waals surface area (Å²) in [4.78, 5) is 0. The van der Waals surface area contributed by atoms with E-state index in [1.54, 1.807) is 12.2 Å². The lowest BCUT2D eigenvalue weighted by molar-refractivity contribution is -0.221. The molecule has 1 aliphatic heterocycles. The van der Waals surface area contributed by atoms with Crippen LogP contribution in [0.4, 0.5) is 0 Å². The van der Waals surface area contributed by atoms with E-state index in [0.29, 0.717) is 39.6 Å². The fourth-order valence-electron chi connectivity index (χ4n) is 2.22. The van der Waals surface area contributed by atoms with Crippen molar-refractivity contribution in [3.63, 3.8) is 0 Å². The summed E-state index contributed by atoms with van der Waals surface area (Å²) in [5.41, 5.74) is 1.19. The predicted molar refractivity (Wildman–Crippen MR) is 118 cm³/mol. The van der Waals surface area contributed by atoms with Crippen molar-refractivity contribution in [2.75, 3.05) is 39.6 Å². The molecule has 158 valence electrons. The Labute approximate surface area is 171 Å². The van der Waals surface area contributed by atoms with E-state index in [1.807, 2.05) is 58.1 Å². The van der Waals surface area contributed by atoms with Crippen LogP contribution in [0.3, 0.4) is 0 Å². The minimum Gasteiger partial charge on any atom is -0.375 e. The lowest BCUT2D eigenvalue weighted by Crippen LogP contribution is -2.41. The Morgan fingerprint density at radius 1 is 1.00 bits per heavy atom. The zero-order chi connectivity index (χ0) is 21.1. The summed E-state index contributed by atoms with van der Waals surface area (Å²) in [6.45, 7) is 17.9. The van der Waals surface area contributed by atoms with Crippen molar-refractivity contribution in [1.29, 1.82) is 0 Å². The van der Waals surface area contributed by atoms with Crippen molar-refractivity contribution in [1.82, 2.24) is 0 Å². The zero-order valence-electron chi connectivity index (χ0n) is 18.1. The maximum atomic E-state index is 5.82. The molecule has 2 aliphatic rings. The van der Waals surface area contributed by atoms with Crippen LogP contribution in [0.5, 0.6) is 0 Å². The van der Waals surface area contributed by atoms with Gasteiger partial charge in [0.2, 0.25) is 5.79 Å². The Hall–Kier alpha value is -1.72. The molecule has 2 rings (SSSR count). The van der Waals surface area contributed by atoms with Crippen molar-refractivity contribution in [3.05, 3.63) is 73.4 Å². The van der Waals surface area contributed by atoms with E-state index in [-0.39, 0.29) is 5.92 Å². The summed E-state index contributed by atoms with van der Waals surface area (Å²) in [6, 6.07) is 0. The van der Waals surface area contributed by atoms with Gasteiger partial charge in [-0.1, -0.05) is 87.3 Å².